The molecule has 0 aliphatic carbocycles. The predicted octanol–water partition coefficient (Wildman–Crippen LogP) is 1.08. The Labute approximate surface area is 115 Å². The van der Waals surface area contributed by atoms with E-state index >= 15 is 0 Å². The van der Waals surface area contributed by atoms with Crippen LogP contribution in [0.1, 0.15) is 24.1 Å². The molecular formula is C15H23N3O. The summed E-state index contributed by atoms with van der Waals surface area (Å²) in [7, 11) is 0. The molecular weight excluding hydrogens is 238 g/mol. The van der Waals surface area contributed by atoms with Crippen molar-refractivity contribution >= 4 is 5.91 Å². The van der Waals surface area contributed by atoms with Crippen molar-refractivity contribution in [3.05, 3.63) is 35.4 Å². The molecule has 4 nitrogen and oxygen atoms in total. The average Bonchev–Trinajstić information content (AvgIpc) is 2.40. The Bertz CT molecular complexity index is 427. The van der Waals surface area contributed by atoms with Gasteiger partial charge in [0.2, 0.25) is 5.91 Å². The molecule has 2 rings (SSSR count). The first-order valence-electron chi connectivity index (χ1n) is 6.95. The third-order valence-corrected chi connectivity index (χ3v) is 3.61. The second-order valence-electron chi connectivity index (χ2n) is 5.17. The van der Waals surface area contributed by atoms with Gasteiger partial charge in [-0.25, -0.2) is 0 Å². The predicted molar refractivity (Wildman–Crippen MR) is 77.0 cm³/mol. The first-order chi connectivity index (χ1) is 9.16. The van der Waals surface area contributed by atoms with Gasteiger partial charge in [-0.05, 0) is 25.0 Å². The standard InChI is InChI=1S/C15H23N3O/c1-12-5-3-4-6-14(12)13(2)17-15(19)11-18-9-7-16-8-10-18/h3-6,13,16H,7-11H2,1-2H3,(H,17,19)/t13-/m0/s1. The molecule has 0 aromatic heterocycles. The van der Waals surface area contributed by atoms with Crippen molar-refractivity contribution in [2.45, 2.75) is 19.9 Å². The van der Waals surface area contributed by atoms with Crippen LogP contribution >= 0.6 is 0 Å². The van der Waals surface area contributed by atoms with Gasteiger partial charge >= 0.3 is 0 Å². The van der Waals surface area contributed by atoms with Crippen LogP contribution in [0.3, 0.4) is 0 Å². The summed E-state index contributed by atoms with van der Waals surface area (Å²) in [6.45, 7) is 8.46. The second kappa shape index (κ2) is 6.68. The van der Waals surface area contributed by atoms with E-state index in [9.17, 15) is 4.79 Å². The van der Waals surface area contributed by atoms with E-state index in [1.54, 1.807) is 0 Å². The van der Waals surface area contributed by atoms with E-state index in [4.69, 9.17) is 0 Å². The molecule has 19 heavy (non-hydrogen) atoms. The van der Waals surface area contributed by atoms with Crippen molar-refractivity contribution in [3.63, 3.8) is 0 Å². The fourth-order valence-electron chi connectivity index (χ4n) is 2.51. The molecule has 4 heteroatoms. The summed E-state index contributed by atoms with van der Waals surface area (Å²) in [5.41, 5.74) is 2.41. The molecule has 0 radical (unpaired) electrons. The zero-order chi connectivity index (χ0) is 13.7. The first-order valence-corrected chi connectivity index (χ1v) is 6.95. The van der Waals surface area contributed by atoms with E-state index in [0.29, 0.717) is 6.54 Å². The molecule has 0 saturated carbocycles. The number of nitrogens with zero attached hydrogens (tertiary/aromatic N) is 1. The van der Waals surface area contributed by atoms with E-state index in [1.165, 1.54) is 11.1 Å². The minimum absolute atomic E-state index is 0.0663. The van der Waals surface area contributed by atoms with Crippen LogP contribution in [0.2, 0.25) is 0 Å². The highest BCUT2D eigenvalue weighted by Gasteiger charge is 2.16. The lowest BCUT2D eigenvalue weighted by Gasteiger charge is -2.27. The van der Waals surface area contributed by atoms with E-state index < -0.39 is 0 Å². The minimum atomic E-state index is 0.0663. The Balaban J connectivity index is 1.86. The number of amides is 1. The molecule has 1 saturated heterocycles. The lowest BCUT2D eigenvalue weighted by Crippen LogP contribution is -2.47. The third kappa shape index (κ3) is 4.04. The van der Waals surface area contributed by atoms with Crippen LogP contribution in [0.15, 0.2) is 24.3 Å². The molecule has 1 fully saturated rings. The van der Waals surface area contributed by atoms with Crippen LogP contribution < -0.4 is 10.6 Å². The second-order valence-corrected chi connectivity index (χ2v) is 5.17. The SMILES string of the molecule is Cc1ccccc1[C@H](C)NC(=O)CN1CCNCC1. The number of rotatable bonds is 4. The molecule has 1 aromatic carbocycles. The van der Waals surface area contributed by atoms with Crippen molar-refractivity contribution in [2.24, 2.45) is 0 Å². The molecule has 1 heterocycles. The van der Waals surface area contributed by atoms with Gasteiger partial charge in [0, 0.05) is 26.2 Å². The normalized spacial score (nSPS) is 18.0. The van der Waals surface area contributed by atoms with Crippen LogP contribution in [0.5, 0.6) is 0 Å². The average molecular weight is 261 g/mol. The molecule has 1 amide bonds. The lowest BCUT2D eigenvalue weighted by molar-refractivity contribution is -0.123. The third-order valence-electron chi connectivity index (χ3n) is 3.61. The molecule has 1 aliphatic rings. The van der Waals surface area contributed by atoms with Gasteiger partial charge < -0.3 is 10.6 Å². The van der Waals surface area contributed by atoms with Crippen LogP contribution in [0, 0.1) is 6.92 Å². The number of carbonyl (C=O) groups excluding carboxylic acids is 1. The zero-order valence-corrected chi connectivity index (χ0v) is 11.8. The van der Waals surface area contributed by atoms with Crippen molar-refractivity contribution in [2.75, 3.05) is 32.7 Å². The van der Waals surface area contributed by atoms with Gasteiger partial charge in [0.25, 0.3) is 0 Å². The van der Waals surface area contributed by atoms with Gasteiger partial charge in [0.15, 0.2) is 0 Å². The summed E-state index contributed by atoms with van der Waals surface area (Å²) in [6, 6.07) is 8.26. The van der Waals surface area contributed by atoms with E-state index in [2.05, 4.69) is 34.6 Å². The summed E-state index contributed by atoms with van der Waals surface area (Å²) < 4.78 is 0. The summed E-state index contributed by atoms with van der Waals surface area (Å²) >= 11 is 0. The molecule has 1 aliphatic heterocycles. The summed E-state index contributed by atoms with van der Waals surface area (Å²) in [6.07, 6.45) is 0. The van der Waals surface area contributed by atoms with Gasteiger partial charge in [-0.2, -0.15) is 0 Å². The van der Waals surface area contributed by atoms with Crippen molar-refractivity contribution in [3.8, 4) is 0 Å². The molecule has 0 bridgehead atoms. The highest BCUT2D eigenvalue weighted by Crippen LogP contribution is 2.16. The number of hydrogen-bond acceptors (Lipinski definition) is 3. The number of benzene rings is 1. The van der Waals surface area contributed by atoms with Gasteiger partial charge in [-0.15, -0.1) is 0 Å². The molecule has 2 N–H and O–H groups in total. The van der Waals surface area contributed by atoms with E-state index in [1.807, 2.05) is 19.1 Å². The zero-order valence-electron chi connectivity index (χ0n) is 11.8. The van der Waals surface area contributed by atoms with Gasteiger partial charge in [-0.1, -0.05) is 24.3 Å². The Kier molecular flexibility index (Phi) is 4.93. The smallest absolute Gasteiger partial charge is 0.234 e. The largest absolute Gasteiger partial charge is 0.348 e. The van der Waals surface area contributed by atoms with Crippen molar-refractivity contribution in [1.29, 1.82) is 0 Å². The quantitative estimate of drug-likeness (QED) is 0.852. The fourth-order valence-corrected chi connectivity index (χ4v) is 2.51. The fraction of sp³-hybridized carbons (Fsp3) is 0.533. The number of piperazine rings is 1. The van der Waals surface area contributed by atoms with Crippen LogP contribution in [-0.4, -0.2) is 43.5 Å². The van der Waals surface area contributed by atoms with Crippen LogP contribution in [0.25, 0.3) is 0 Å². The Hall–Kier alpha value is -1.39. The van der Waals surface area contributed by atoms with Crippen molar-refractivity contribution < 1.29 is 4.79 Å². The van der Waals surface area contributed by atoms with Crippen LogP contribution in [0.4, 0.5) is 0 Å². The highest BCUT2D eigenvalue weighted by molar-refractivity contribution is 5.78. The summed E-state index contributed by atoms with van der Waals surface area (Å²) in [4.78, 5) is 14.2. The van der Waals surface area contributed by atoms with E-state index in [-0.39, 0.29) is 11.9 Å². The summed E-state index contributed by atoms with van der Waals surface area (Å²) in [5, 5.41) is 6.37. The minimum Gasteiger partial charge on any atom is -0.348 e. The molecule has 104 valence electrons. The van der Waals surface area contributed by atoms with Crippen molar-refractivity contribution in [1.82, 2.24) is 15.5 Å². The van der Waals surface area contributed by atoms with E-state index in [0.717, 1.165) is 26.2 Å². The first kappa shape index (κ1) is 14.0. The summed E-state index contributed by atoms with van der Waals surface area (Å²) in [5.74, 6) is 0.109. The highest BCUT2D eigenvalue weighted by atomic mass is 16.2. The maximum absolute atomic E-state index is 12.0. The maximum atomic E-state index is 12.0. The van der Waals surface area contributed by atoms with Crippen LogP contribution in [-0.2, 0) is 4.79 Å². The molecule has 1 atom stereocenters. The maximum Gasteiger partial charge on any atom is 0.234 e. The number of nitrogens with one attached hydrogen (secondary N) is 2. The Morgan fingerprint density at radius 2 is 2.05 bits per heavy atom. The number of carbonyl (C=O) groups is 1. The molecule has 1 aromatic rings. The Morgan fingerprint density at radius 1 is 1.37 bits per heavy atom. The van der Waals surface area contributed by atoms with Gasteiger partial charge in [0.1, 0.15) is 0 Å². The Morgan fingerprint density at radius 3 is 2.74 bits per heavy atom. The molecule has 0 unspecified atom stereocenters. The molecule has 0 spiro atoms. The topological polar surface area (TPSA) is 44.4 Å². The van der Waals surface area contributed by atoms with Gasteiger partial charge in [-0.3, -0.25) is 9.69 Å². The lowest BCUT2D eigenvalue weighted by atomic mass is 10.0. The number of aryl methyl sites for hydroxylation is 1. The number of hydrogen-bond donors (Lipinski definition) is 2. The monoisotopic (exact) mass is 261 g/mol. The van der Waals surface area contributed by atoms with Gasteiger partial charge in [0.05, 0.1) is 12.6 Å².